The number of hydrogen-bond donors (Lipinski definition) is 1. The molecule has 0 radical (unpaired) electrons. The van der Waals surface area contributed by atoms with Gasteiger partial charge in [0, 0.05) is 17.8 Å². The molecule has 0 atom stereocenters. The van der Waals surface area contributed by atoms with Gasteiger partial charge in [0.25, 0.3) is 0 Å². The van der Waals surface area contributed by atoms with Crippen LogP contribution in [0.15, 0.2) is 66.7 Å². The summed E-state index contributed by atoms with van der Waals surface area (Å²) in [7, 11) is 3.29. The predicted octanol–water partition coefficient (Wildman–Crippen LogP) is 5.59. The SMILES string of the molecule is COc1ccc(CNc2ccc(-c3nc4ccccc4s3)cc2)cc1OC. The van der Waals surface area contributed by atoms with Gasteiger partial charge in [0.15, 0.2) is 11.5 Å². The van der Waals surface area contributed by atoms with Crippen LogP contribution in [0.4, 0.5) is 5.69 Å². The maximum atomic E-state index is 5.36. The molecule has 136 valence electrons. The lowest BCUT2D eigenvalue weighted by atomic mass is 10.1. The van der Waals surface area contributed by atoms with Crippen LogP contribution >= 0.6 is 11.3 Å². The molecule has 0 saturated carbocycles. The number of ether oxygens (including phenoxy) is 2. The lowest BCUT2D eigenvalue weighted by Gasteiger charge is -2.11. The van der Waals surface area contributed by atoms with E-state index in [4.69, 9.17) is 14.5 Å². The standard InChI is InChI=1S/C22H20N2O2S/c1-25-19-12-7-15(13-20(19)26-2)14-23-17-10-8-16(9-11-17)22-24-18-5-3-4-6-21(18)27-22/h3-13,23H,14H2,1-2H3. The Kier molecular flexibility index (Phi) is 4.94. The maximum absolute atomic E-state index is 5.36. The Bertz CT molecular complexity index is 1020. The first-order valence-electron chi connectivity index (χ1n) is 8.67. The van der Waals surface area contributed by atoms with E-state index >= 15 is 0 Å². The lowest BCUT2D eigenvalue weighted by molar-refractivity contribution is 0.354. The average molecular weight is 376 g/mol. The molecule has 0 aliphatic rings. The zero-order valence-corrected chi connectivity index (χ0v) is 16.0. The summed E-state index contributed by atoms with van der Waals surface area (Å²) in [4.78, 5) is 4.71. The van der Waals surface area contributed by atoms with E-state index in [0.717, 1.165) is 38.8 Å². The molecule has 1 heterocycles. The molecule has 0 bridgehead atoms. The van der Waals surface area contributed by atoms with Gasteiger partial charge in [0.05, 0.1) is 24.4 Å². The first kappa shape index (κ1) is 17.4. The Morgan fingerprint density at radius 3 is 2.41 bits per heavy atom. The molecule has 0 amide bonds. The predicted molar refractivity (Wildman–Crippen MR) is 112 cm³/mol. The number of anilines is 1. The minimum absolute atomic E-state index is 0.709. The van der Waals surface area contributed by atoms with E-state index in [0.29, 0.717) is 6.54 Å². The largest absolute Gasteiger partial charge is 0.493 e. The van der Waals surface area contributed by atoms with Gasteiger partial charge in [-0.1, -0.05) is 18.2 Å². The monoisotopic (exact) mass is 376 g/mol. The van der Waals surface area contributed by atoms with Crippen LogP contribution in [0, 0.1) is 0 Å². The van der Waals surface area contributed by atoms with Crippen LogP contribution in [-0.4, -0.2) is 19.2 Å². The van der Waals surface area contributed by atoms with Gasteiger partial charge < -0.3 is 14.8 Å². The van der Waals surface area contributed by atoms with Crippen molar-refractivity contribution < 1.29 is 9.47 Å². The second-order valence-corrected chi connectivity index (χ2v) is 7.14. The van der Waals surface area contributed by atoms with Crippen molar-refractivity contribution in [3.8, 4) is 22.1 Å². The van der Waals surface area contributed by atoms with E-state index in [9.17, 15) is 0 Å². The van der Waals surface area contributed by atoms with E-state index in [1.54, 1.807) is 25.6 Å². The Labute approximate surface area is 162 Å². The number of thiazole rings is 1. The third kappa shape index (κ3) is 3.73. The van der Waals surface area contributed by atoms with Crippen LogP contribution in [0.1, 0.15) is 5.56 Å². The summed E-state index contributed by atoms with van der Waals surface area (Å²) in [6.07, 6.45) is 0. The van der Waals surface area contributed by atoms with Crippen LogP contribution in [0.2, 0.25) is 0 Å². The van der Waals surface area contributed by atoms with Gasteiger partial charge in [0.1, 0.15) is 5.01 Å². The zero-order valence-electron chi connectivity index (χ0n) is 15.2. The van der Waals surface area contributed by atoms with Crippen LogP contribution in [0.3, 0.4) is 0 Å². The summed E-state index contributed by atoms with van der Waals surface area (Å²) >= 11 is 1.72. The summed E-state index contributed by atoms with van der Waals surface area (Å²) in [5, 5.41) is 4.49. The summed E-state index contributed by atoms with van der Waals surface area (Å²) in [5.41, 5.74) is 4.37. The number of benzene rings is 3. The van der Waals surface area contributed by atoms with Crippen molar-refractivity contribution in [1.29, 1.82) is 0 Å². The van der Waals surface area contributed by atoms with Gasteiger partial charge in [-0.15, -0.1) is 11.3 Å². The number of aromatic nitrogens is 1. The number of nitrogens with zero attached hydrogens (tertiary/aromatic N) is 1. The first-order valence-corrected chi connectivity index (χ1v) is 9.49. The van der Waals surface area contributed by atoms with Gasteiger partial charge in [-0.3, -0.25) is 0 Å². The van der Waals surface area contributed by atoms with Crippen LogP contribution < -0.4 is 14.8 Å². The summed E-state index contributed by atoms with van der Waals surface area (Å²) < 4.78 is 11.9. The molecule has 0 saturated heterocycles. The van der Waals surface area contributed by atoms with E-state index < -0.39 is 0 Å². The average Bonchev–Trinajstić information content (AvgIpc) is 3.16. The summed E-state index contributed by atoms with van der Waals surface area (Å²) in [6, 6.07) is 22.5. The van der Waals surface area contributed by atoms with Crippen LogP contribution in [0.5, 0.6) is 11.5 Å². The Hall–Kier alpha value is -3.05. The van der Waals surface area contributed by atoms with Gasteiger partial charge in [-0.2, -0.15) is 0 Å². The molecule has 1 aromatic heterocycles. The highest BCUT2D eigenvalue weighted by molar-refractivity contribution is 7.21. The smallest absolute Gasteiger partial charge is 0.161 e. The third-order valence-corrected chi connectivity index (χ3v) is 5.46. The molecule has 4 nitrogen and oxygen atoms in total. The van der Waals surface area contributed by atoms with Crippen molar-refractivity contribution in [3.05, 3.63) is 72.3 Å². The fraction of sp³-hybridized carbons (Fsp3) is 0.136. The molecule has 3 aromatic carbocycles. The number of fused-ring (bicyclic) bond motifs is 1. The topological polar surface area (TPSA) is 43.4 Å². The zero-order chi connectivity index (χ0) is 18.6. The first-order chi connectivity index (χ1) is 13.3. The van der Waals surface area contributed by atoms with Crippen LogP contribution in [0.25, 0.3) is 20.8 Å². The van der Waals surface area contributed by atoms with Crippen molar-refractivity contribution in [2.75, 3.05) is 19.5 Å². The lowest BCUT2D eigenvalue weighted by Crippen LogP contribution is -2.00. The Morgan fingerprint density at radius 1 is 0.889 bits per heavy atom. The van der Waals surface area contributed by atoms with Crippen molar-refractivity contribution in [1.82, 2.24) is 4.98 Å². The number of nitrogens with one attached hydrogen (secondary N) is 1. The molecule has 0 aliphatic carbocycles. The molecule has 0 fully saturated rings. The summed E-state index contributed by atoms with van der Waals surface area (Å²) in [5.74, 6) is 1.48. The number of para-hydroxylation sites is 1. The minimum atomic E-state index is 0.709. The number of rotatable bonds is 6. The quantitative estimate of drug-likeness (QED) is 0.476. The molecule has 27 heavy (non-hydrogen) atoms. The molecular weight excluding hydrogens is 356 g/mol. The molecule has 0 unspecified atom stereocenters. The Balaban J connectivity index is 1.46. The van der Waals surface area contributed by atoms with Crippen molar-refractivity contribution in [2.24, 2.45) is 0 Å². The second kappa shape index (κ2) is 7.68. The molecule has 1 N–H and O–H groups in total. The molecule has 4 rings (SSSR count). The number of hydrogen-bond acceptors (Lipinski definition) is 5. The van der Waals surface area contributed by atoms with Crippen molar-refractivity contribution >= 4 is 27.2 Å². The van der Waals surface area contributed by atoms with Gasteiger partial charge >= 0.3 is 0 Å². The minimum Gasteiger partial charge on any atom is -0.493 e. The number of methoxy groups -OCH3 is 2. The third-order valence-electron chi connectivity index (χ3n) is 4.37. The molecular formula is C22H20N2O2S. The highest BCUT2D eigenvalue weighted by Gasteiger charge is 2.07. The van der Waals surface area contributed by atoms with Crippen molar-refractivity contribution in [2.45, 2.75) is 6.54 Å². The van der Waals surface area contributed by atoms with Crippen molar-refractivity contribution in [3.63, 3.8) is 0 Å². The van der Waals surface area contributed by atoms with E-state index in [-0.39, 0.29) is 0 Å². The molecule has 0 aliphatic heterocycles. The van der Waals surface area contributed by atoms with Gasteiger partial charge in [0.2, 0.25) is 0 Å². The second-order valence-electron chi connectivity index (χ2n) is 6.11. The van der Waals surface area contributed by atoms with E-state index in [1.165, 1.54) is 4.70 Å². The normalized spacial score (nSPS) is 10.7. The van der Waals surface area contributed by atoms with Crippen LogP contribution in [-0.2, 0) is 6.54 Å². The van der Waals surface area contributed by atoms with E-state index in [2.05, 4.69) is 35.6 Å². The highest BCUT2D eigenvalue weighted by atomic mass is 32.1. The van der Waals surface area contributed by atoms with Gasteiger partial charge in [-0.05, 0) is 54.1 Å². The Morgan fingerprint density at radius 2 is 1.67 bits per heavy atom. The summed E-state index contributed by atoms with van der Waals surface area (Å²) in [6.45, 7) is 0.709. The fourth-order valence-electron chi connectivity index (χ4n) is 2.92. The fourth-order valence-corrected chi connectivity index (χ4v) is 3.89. The maximum Gasteiger partial charge on any atom is 0.161 e. The van der Waals surface area contributed by atoms with Gasteiger partial charge in [-0.25, -0.2) is 4.98 Å². The highest BCUT2D eigenvalue weighted by Crippen LogP contribution is 2.31. The molecule has 4 aromatic rings. The molecule has 0 spiro atoms. The molecule has 5 heteroatoms. The van der Waals surface area contributed by atoms with E-state index in [1.807, 2.05) is 36.4 Å².